The molecule has 0 saturated heterocycles. The van der Waals surface area contributed by atoms with Crippen molar-refractivity contribution >= 4 is 23.2 Å². The third-order valence-electron chi connectivity index (χ3n) is 3.67. The minimum absolute atomic E-state index is 0.104. The van der Waals surface area contributed by atoms with E-state index in [0.717, 1.165) is 12.1 Å². The first kappa shape index (κ1) is 18.2. The van der Waals surface area contributed by atoms with Gasteiger partial charge in [0.05, 0.1) is 0 Å². The van der Waals surface area contributed by atoms with Crippen LogP contribution in [-0.2, 0) is 0 Å². The van der Waals surface area contributed by atoms with E-state index in [2.05, 4.69) is 10.6 Å². The van der Waals surface area contributed by atoms with Gasteiger partial charge in [-0.05, 0) is 54.6 Å². The first-order valence-electron chi connectivity index (χ1n) is 7.86. The number of hydrogen-bond donors (Lipinski definition) is 2. The highest BCUT2D eigenvalue weighted by atomic mass is 19.2. The Morgan fingerprint density at radius 1 is 0.630 bits per heavy atom. The number of carbonyl (C=O) groups is 2. The predicted molar refractivity (Wildman–Crippen MR) is 95.1 cm³/mol. The molecule has 0 heterocycles. The van der Waals surface area contributed by atoms with Gasteiger partial charge >= 0.3 is 0 Å². The predicted octanol–water partition coefficient (Wildman–Crippen LogP) is 4.61. The van der Waals surface area contributed by atoms with E-state index >= 15 is 0 Å². The zero-order valence-electron chi connectivity index (χ0n) is 13.8. The number of amides is 2. The molecule has 0 radical (unpaired) electrons. The molecule has 2 N–H and O–H groups in total. The Morgan fingerprint density at radius 3 is 1.70 bits per heavy atom. The average Bonchev–Trinajstić information content (AvgIpc) is 2.65. The van der Waals surface area contributed by atoms with Crippen molar-refractivity contribution in [1.82, 2.24) is 0 Å². The van der Waals surface area contributed by atoms with E-state index in [9.17, 15) is 22.8 Å². The van der Waals surface area contributed by atoms with Crippen LogP contribution < -0.4 is 10.6 Å². The quantitative estimate of drug-likeness (QED) is 0.705. The van der Waals surface area contributed by atoms with Crippen molar-refractivity contribution in [2.45, 2.75) is 0 Å². The van der Waals surface area contributed by atoms with Crippen molar-refractivity contribution in [2.75, 3.05) is 10.6 Å². The maximum absolute atomic E-state index is 13.2. The van der Waals surface area contributed by atoms with Crippen LogP contribution in [0.3, 0.4) is 0 Å². The van der Waals surface area contributed by atoms with Crippen molar-refractivity contribution in [3.05, 3.63) is 95.3 Å². The molecule has 0 saturated carbocycles. The first-order valence-corrected chi connectivity index (χ1v) is 7.86. The summed E-state index contributed by atoms with van der Waals surface area (Å²) in [4.78, 5) is 24.3. The average molecular weight is 370 g/mol. The van der Waals surface area contributed by atoms with E-state index in [1.54, 1.807) is 6.07 Å². The minimum atomic E-state index is -1.07. The highest BCUT2D eigenvalue weighted by Gasteiger charge is 2.11. The van der Waals surface area contributed by atoms with Gasteiger partial charge in [0, 0.05) is 28.6 Å². The lowest BCUT2D eigenvalue weighted by atomic mass is 10.1. The van der Waals surface area contributed by atoms with Crippen LogP contribution in [0, 0.1) is 17.5 Å². The summed E-state index contributed by atoms with van der Waals surface area (Å²) in [5.74, 6) is -3.57. The fourth-order valence-electron chi connectivity index (χ4n) is 2.32. The van der Waals surface area contributed by atoms with E-state index in [4.69, 9.17) is 0 Å². The maximum Gasteiger partial charge on any atom is 0.255 e. The summed E-state index contributed by atoms with van der Waals surface area (Å²) in [6, 6.07) is 14.1. The minimum Gasteiger partial charge on any atom is -0.322 e. The monoisotopic (exact) mass is 370 g/mol. The second-order valence-corrected chi connectivity index (χ2v) is 5.62. The topological polar surface area (TPSA) is 58.2 Å². The molecule has 0 aliphatic heterocycles. The second kappa shape index (κ2) is 7.74. The van der Waals surface area contributed by atoms with E-state index in [1.807, 2.05) is 0 Å². The molecule has 0 atom stereocenters. The van der Waals surface area contributed by atoms with Gasteiger partial charge in [-0.2, -0.15) is 0 Å². The fourth-order valence-corrected chi connectivity index (χ4v) is 2.32. The van der Waals surface area contributed by atoms with Gasteiger partial charge in [0.2, 0.25) is 0 Å². The van der Waals surface area contributed by atoms with Crippen LogP contribution in [0.2, 0.25) is 0 Å². The molecule has 0 fully saturated rings. The summed E-state index contributed by atoms with van der Waals surface area (Å²) in [5, 5.41) is 4.98. The smallest absolute Gasteiger partial charge is 0.255 e. The zero-order valence-corrected chi connectivity index (χ0v) is 13.8. The third kappa shape index (κ3) is 4.52. The summed E-state index contributed by atoms with van der Waals surface area (Å²) in [6.07, 6.45) is 0. The molecule has 2 amide bonds. The summed E-state index contributed by atoms with van der Waals surface area (Å²) < 4.78 is 39.2. The largest absolute Gasteiger partial charge is 0.322 e. The van der Waals surface area contributed by atoms with Crippen LogP contribution in [0.5, 0.6) is 0 Å². The lowest BCUT2D eigenvalue weighted by Crippen LogP contribution is -2.14. The highest BCUT2D eigenvalue weighted by molar-refractivity contribution is 6.07. The molecule has 0 unspecified atom stereocenters. The number of halogens is 3. The highest BCUT2D eigenvalue weighted by Crippen LogP contribution is 2.15. The molecule has 4 nitrogen and oxygen atoms in total. The molecule has 0 aromatic heterocycles. The summed E-state index contributed by atoms with van der Waals surface area (Å²) in [7, 11) is 0. The zero-order chi connectivity index (χ0) is 19.4. The van der Waals surface area contributed by atoms with Crippen LogP contribution in [-0.4, -0.2) is 11.8 Å². The van der Waals surface area contributed by atoms with Gasteiger partial charge in [-0.1, -0.05) is 6.07 Å². The van der Waals surface area contributed by atoms with Crippen LogP contribution in [0.15, 0.2) is 66.7 Å². The molecule has 27 heavy (non-hydrogen) atoms. The maximum atomic E-state index is 13.2. The number of benzene rings is 3. The van der Waals surface area contributed by atoms with Crippen molar-refractivity contribution < 1.29 is 22.8 Å². The lowest BCUT2D eigenvalue weighted by molar-refractivity contribution is 0.101. The Bertz CT molecular complexity index is 1000. The molecule has 0 aliphatic rings. The van der Waals surface area contributed by atoms with Gasteiger partial charge in [0.15, 0.2) is 11.6 Å². The Hall–Kier alpha value is -3.61. The first-order chi connectivity index (χ1) is 12.9. The molecule has 7 heteroatoms. The molecule has 0 aliphatic carbocycles. The normalized spacial score (nSPS) is 10.3. The van der Waals surface area contributed by atoms with E-state index in [1.165, 1.54) is 48.5 Å². The molecule has 0 bridgehead atoms. The van der Waals surface area contributed by atoms with Gasteiger partial charge < -0.3 is 10.6 Å². The molecule has 3 aromatic carbocycles. The van der Waals surface area contributed by atoms with Crippen LogP contribution in [0.25, 0.3) is 0 Å². The number of hydrogen-bond acceptors (Lipinski definition) is 2. The molecular formula is C20H13F3N2O2. The molecule has 3 aromatic rings. The van der Waals surface area contributed by atoms with Crippen molar-refractivity contribution in [3.8, 4) is 0 Å². The number of carbonyl (C=O) groups excluding carboxylic acids is 2. The SMILES string of the molecule is O=C(Nc1cccc(F)c1)c1ccc(C(=O)Nc2ccc(F)c(F)c2)cc1. The summed E-state index contributed by atoms with van der Waals surface area (Å²) in [6.45, 7) is 0. The molecular weight excluding hydrogens is 357 g/mol. The Kier molecular flexibility index (Phi) is 5.21. The number of rotatable bonds is 4. The Labute approximate surface area is 152 Å². The third-order valence-corrected chi connectivity index (χ3v) is 3.67. The number of nitrogens with one attached hydrogen (secondary N) is 2. The lowest BCUT2D eigenvalue weighted by Gasteiger charge is -2.08. The van der Waals surface area contributed by atoms with E-state index in [-0.39, 0.29) is 16.8 Å². The van der Waals surface area contributed by atoms with E-state index < -0.39 is 29.3 Å². The summed E-state index contributed by atoms with van der Waals surface area (Å²) in [5.41, 5.74) is 0.901. The van der Waals surface area contributed by atoms with E-state index in [0.29, 0.717) is 5.69 Å². The molecule has 3 rings (SSSR count). The Balaban J connectivity index is 1.67. The van der Waals surface area contributed by atoms with Crippen LogP contribution in [0.1, 0.15) is 20.7 Å². The second-order valence-electron chi connectivity index (χ2n) is 5.62. The molecule has 136 valence electrons. The standard InChI is InChI=1S/C20H13F3N2O2/c21-14-2-1-3-15(10-14)24-19(26)12-4-6-13(7-5-12)20(27)25-16-8-9-17(22)18(23)11-16/h1-11H,(H,24,26)(H,25,27). The molecule has 0 spiro atoms. The van der Waals surface area contributed by atoms with Crippen LogP contribution >= 0.6 is 0 Å². The van der Waals surface area contributed by atoms with Crippen molar-refractivity contribution in [2.24, 2.45) is 0 Å². The summed E-state index contributed by atoms with van der Waals surface area (Å²) >= 11 is 0. The van der Waals surface area contributed by atoms with Crippen molar-refractivity contribution in [1.29, 1.82) is 0 Å². The van der Waals surface area contributed by atoms with Crippen LogP contribution in [0.4, 0.5) is 24.5 Å². The van der Waals surface area contributed by atoms with Gasteiger partial charge in [0.1, 0.15) is 5.82 Å². The fraction of sp³-hybridized carbons (Fsp3) is 0. The van der Waals surface area contributed by atoms with Gasteiger partial charge in [0.25, 0.3) is 11.8 Å². The Morgan fingerprint density at radius 2 is 1.19 bits per heavy atom. The van der Waals surface area contributed by atoms with Gasteiger partial charge in [-0.3, -0.25) is 9.59 Å². The number of anilines is 2. The van der Waals surface area contributed by atoms with Gasteiger partial charge in [-0.15, -0.1) is 0 Å². The van der Waals surface area contributed by atoms with Crippen molar-refractivity contribution in [3.63, 3.8) is 0 Å². The van der Waals surface area contributed by atoms with Gasteiger partial charge in [-0.25, -0.2) is 13.2 Å².